The van der Waals surface area contributed by atoms with Crippen LogP contribution in [0, 0.1) is 13.8 Å². The highest BCUT2D eigenvalue weighted by atomic mass is 16.5. The van der Waals surface area contributed by atoms with Gasteiger partial charge in [0.2, 0.25) is 0 Å². The predicted molar refractivity (Wildman–Crippen MR) is 90.0 cm³/mol. The second kappa shape index (κ2) is 8.01. The molecular weight excluding hydrogens is 276 g/mol. The Labute approximate surface area is 133 Å². The van der Waals surface area contributed by atoms with Gasteiger partial charge in [0.05, 0.1) is 7.11 Å². The summed E-state index contributed by atoms with van der Waals surface area (Å²) in [5.41, 5.74) is 4.97. The predicted octanol–water partition coefficient (Wildman–Crippen LogP) is 3.23. The fourth-order valence-corrected chi connectivity index (χ4v) is 2.72. The zero-order chi connectivity index (χ0) is 15.9. The van der Waals surface area contributed by atoms with E-state index in [4.69, 9.17) is 9.47 Å². The summed E-state index contributed by atoms with van der Waals surface area (Å²) >= 11 is 0. The molecular formula is C18H26N2O2. The van der Waals surface area contributed by atoms with Gasteiger partial charge in [-0.05, 0) is 50.6 Å². The van der Waals surface area contributed by atoms with Crippen molar-refractivity contribution in [1.29, 1.82) is 0 Å². The molecule has 0 unspecified atom stereocenters. The highest BCUT2D eigenvalue weighted by molar-refractivity contribution is 5.44. The zero-order valence-electron chi connectivity index (χ0n) is 14.0. The molecule has 120 valence electrons. The van der Waals surface area contributed by atoms with Crippen LogP contribution in [0.3, 0.4) is 0 Å². The van der Waals surface area contributed by atoms with Crippen molar-refractivity contribution < 1.29 is 9.47 Å². The summed E-state index contributed by atoms with van der Waals surface area (Å²) in [7, 11) is 3.44. The molecule has 1 heterocycles. The number of methoxy groups -OCH3 is 2. The van der Waals surface area contributed by atoms with E-state index in [1.165, 1.54) is 17.0 Å². The average Bonchev–Trinajstić information content (AvgIpc) is 2.81. The molecule has 2 aromatic rings. The lowest BCUT2D eigenvalue weighted by molar-refractivity contribution is 0.194. The monoisotopic (exact) mass is 302 g/mol. The largest absolute Gasteiger partial charge is 0.497 e. The number of aromatic nitrogens is 1. The quantitative estimate of drug-likeness (QED) is 0.760. The second-order valence-electron chi connectivity index (χ2n) is 5.46. The molecule has 0 bridgehead atoms. The van der Waals surface area contributed by atoms with E-state index in [1.54, 1.807) is 14.2 Å². The van der Waals surface area contributed by atoms with E-state index in [0.717, 1.165) is 37.6 Å². The van der Waals surface area contributed by atoms with Gasteiger partial charge in [-0.2, -0.15) is 0 Å². The lowest BCUT2D eigenvalue weighted by Gasteiger charge is -2.11. The fraction of sp³-hybridized carbons (Fsp3) is 0.444. The van der Waals surface area contributed by atoms with Crippen LogP contribution in [-0.2, 0) is 11.3 Å². The summed E-state index contributed by atoms with van der Waals surface area (Å²) in [6.45, 7) is 6.96. The molecule has 4 nitrogen and oxygen atoms in total. The fourth-order valence-electron chi connectivity index (χ4n) is 2.72. The van der Waals surface area contributed by atoms with Crippen LogP contribution in [0.25, 0.3) is 5.69 Å². The van der Waals surface area contributed by atoms with Gasteiger partial charge in [-0.1, -0.05) is 6.07 Å². The van der Waals surface area contributed by atoms with Crippen LogP contribution in [0.2, 0.25) is 0 Å². The number of hydrogen-bond acceptors (Lipinski definition) is 3. The molecule has 4 heteroatoms. The first-order valence-electron chi connectivity index (χ1n) is 7.69. The number of benzene rings is 1. The third kappa shape index (κ3) is 3.90. The molecule has 0 aliphatic heterocycles. The molecule has 22 heavy (non-hydrogen) atoms. The first-order chi connectivity index (χ1) is 10.7. The number of nitrogens with one attached hydrogen (secondary N) is 1. The van der Waals surface area contributed by atoms with Crippen LogP contribution < -0.4 is 10.1 Å². The number of aryl methyl sites for hydroxylation is 1. The summed E-state index contributed by atoms with van der Waals surface area (Å²) in [4.78, 5) is 0. The molecule has 2 rings (SSSR count). The maximum absolute atomic E-state index is 5.33. The van der Waals surface area contributed by atoms with Gasteiger partial charge in [0, 0.05) is 43.4 Å². The van der Waals surface area contributed by atoms with Crippen LogP contribution in [0.4, 0.5) is 0 Å². The molecule has 0 radical (unpaired) electrons. The molecule has 0 amide bonds. The van der Waals surface area contributed by atoms with Crippen molar-refractivity contribution in [3.8, 4) is 11.4 Å². The molecule has 0 aliphatic rings. The molecule has 0 aliphatic carbocycles. The molecule has 1 aromatic carbocycles. The molecule has 1 N–H and O–H groups in total. The van der Waals surface area contributed by atoms with Crippen LogP contribution in [0.5, 0.6) is 5.75 Å². The highest BCUT2D eigenvalue weighted by Gasteiger charge is 2.10. The third-order valence-electron chi connectivity index (χ3n) is 3.86. The Balaban J connectivity index is 2.12. The van der Waals surface area contributed by atoms with Crippen molar-refractivity contribution >= 4 is 0 Å². The van der Waals surface area contributed by atoms with Gasteiger partial charge in [0.25, 0.3) is 0 Å². The minimum absolute atomic E-state index is 0.801. The van der Waals surface area contributed by atoms with E-state index in [0.29, 0.717) is 0 Å². The van der Waals surface area contributed by atoms with E-state index >= 15 is 0 Å². The van der Waals surface area contributed by atoms with Crippen molar-refractivity contribution in [2.45, 2.75) is 26.8 Å². The van der Waals surface area contributed by atoms with Gasteiger partial charge >= 0.3 is 0 Å². The highest BCUT2D eigenvalue weighted by Crippen LogP contribution is 2.23. The Hall–Kier alpha value is -1.78. The van der Waals surface area contributed by atoms with E-state index in [9.17, 15) is 0 Å². The van der Waals surface area contributed by atoms with Crippen molar-refractivity contribution in [2.75, 3.05) is 27.4 Å². The molecule has 0 saturated heterocycles. The first-order valence-corrected chi connectivity index (χ1v) is 7.69. The maximum atomic E-state index is 5.33. The molecule has 1 aromatic heterocycles. The van der Waals surface area contributed by atoms with Crippen LogP contribution in [-0.4, -0.2) is 31.9 Å². The van der Waals surface area contributed by atoms with Gasteiger partial charge in [-0.3, -0.25) is 0 Å². The van der Waals surface area contributed by atoms with Crippen molar-refractivity contribution in [2.24, 2.45) is 0 Å². The Morgan fingerprint density at radius 1 is 1.14 bits per heavy atom. The first kappa shape index (κ1) is 16.6. The normalized spacial score (nSPS) is 10.9. The molecule has 0 fully saturated rings. The molecule has 0 spiro atoms. The molecule has 0 atom stereocenters. The number of nitrogens with zero attached hydrogens (tertiary/aromatic N) is 1. The summed E-state index contributed by atoms with van der Waals surface area (Å²) in [5, 5.41) is 3.47. The van der Waals surface area contributed by atoms with Crippen LogP contribution >= 0.6 is 0 Å². The van der Waals surface area contributed by atoms with Crippen molar-refractivity contribution in [3.63, 3.8) is 0 Å². The molecule has 0 saturated carbocycles. The Kier molecular flexibility index (Phi) is 6.04. The van der Waals surface area contributed by atoms with E-state index < -0.39 is 0 Å². The lowest BCUT2D eigenvalue weighted by atomic mass is 10.2. The Morgan fingerprint density at radius 3 is 2.68 bits per heavy atom. The van der Waals surface area contributed by atoms with Gasteiger partial charge < -0.3 is 19.4 Å². The smallest absolute Gasteiger partial charge is 0.120 e. The van der Waals surface area contributed by atoms with E-state index in [-0.39, 0.29) is 0 Å². The van der Waals surface area contributed by atoms with Gasteiger partial charge in [0.1, 0.15) is 5.75 Å². The van der Waals surface area contributed by atoms with Gasteiger partial charge in [0.15, 0.2) is 0 Å². The summed E-state index contributed by atoms with van der Waals surface area (Å²) in [6.07, 6.45) is 1.03. The van der Waals surface area contributed by atoms with E-state index in [1.807, 2.05) is 12.1 Å². The topological polar surface area (TPSA) is 35.4 Å². The van der Waals surface area contributed by atoms with Crippen molar-refractivity contribution in [3.05, 3.63) is 47.3 Å². The lowest BCUT2D eigenvalue weighted by Crippen LogP contribution is -2.16. The van der Waals surface area contributed by atoms with Gasteiger partial charge in [-0.15, -0.1) is 0 Å². The van der Waals surface area contributed by atoms with E-state index in [2.05, 4.69) is 41.9 Å². The van der Waals surface area contributed by atoms with Crippen LogP contribution in [0.1, 0.15) is 23.4 Å². The minimum atomic E-state index is 0.801. The standard InChI is InChI=1S/C18H26N2O2/c1-14-11-16(13-19-9-6-10-21-3)15(2)20(14)17-7-5-8-18(12-17)22-4/h5,7-8,11-12,19H,6,9-10,13H2,1-4H3. The second-order valence-corrected chi connectivity index (χ2v) is 5.46. The summed E-state index contributed by atoms with van der Waals surface area (Å²) in [5.74, 6) is 0.879. The summed E-state index contributed by atoms with van der Waals surface area (Å²) < 4.78 is 12.7. The minimum Gasteiger partial charge on any atom is -0.497 e. The SMILES string of the molecule is COCCCNCc1cc(C)n(-c2cccc(OC)c2)c1C. The van der Waals surface area contributed by atoms with Crippen molar-refractivity contribution in [1.82, 2.24) is 9.88 Å². The third-order valence-corrected chi connectivity index (χ3v) is 3.86. The van der Waals surface area contributed by atoms with Crippen LogP contribution in [0.15, 0.2) is 30.3 Å². The number of ether oxygens (including phenoxy) is 2. The zero-order valence-corrected chi connectivity index (χ0v) is 14.0. The Morgan fingerprint density at radius 2 is 1.95 bits per heavy atom. The summed E-state index contributed by atoms with van der Waals surface area (Å²) in [6, 6.07) is 10.4. The maximum Gasteiger partial charge on any atom is 0.120 e. The average molecular weight is 302 g/mol. The van der Waals surface area contributed by atoms with Gasteiger partial charge in [-0.25, -0.2) is 0 Å². The number of rotatable bonds is 8. The number of hydrogen-bond donors (Lipinski definition) is 1. The Bertz CT molecular complexity index is 605.